The third-order valence-electron chi connectivity index (χ3n) is 6.64. The molecule has 1 saturated carbocycles. The molecule has 5 rings (SSSR count). The van der Waals surface area contributed by atoms with Crippen molar-refractivity contribution >= 4 is 28.9 Å². The standard InChI is InChI=1S/C27H27N5OS/c1-18-31-24(17-34-18)20-7-11-23(12-8-20)32-25(33)27(13-3-2-4-14-27)22-9-5-19(6-10-22)21-15-29-26(28)30-16-21/h5-12,15-17H,2-4,13-14H2,1H3,(H,32,33)(H2,28,29,30). The van der Waals surface area contributed by atoms with Gasteiger partial charge in [-0.05, 0) is 43.0 Å². The van der Waals surface area contributed by atoms with Crippen LogP contribution in [0.5, 0.6) is 0 Å². The lowest BCUT2D eigenvalue weighted by Crippen LogP contribution is -2.42. The van der Waals surface area contributed by atoms with E-state index in [2.05, 4.69) is 37.8 Å². The maximum absolute atomic E-state index is 13.7. The van der Waals surface area contributed by atoms with Crippen molar-refractivity contribution in [3.05, 3.63) is 76.9 Å². The van der Waals surface area contributed by atoms with Crippen LogP contribution >= 0.6 is 11.3 Å². The Balaban J connectivity index is 1.38. The van der Waals surface area contributed by atoms with Crippen LogP contribution in [-0.4, -0.2) is 20.9 Å². The lowest BCUT2D eigenvalue weighted by atomic mass is 9.68. The SMILES string of the molecule is Cc1nc(-c2ccc(NC(=O)C3(c4ccc(-c5cnc(N)nc5)cc4)CCCCC3)cc2)cs1. The number of nitrogens with two attached hydrogens (primary N) is 1. The first kappa shape index (κ1) is 22.2. The lowest BCUT2D eigenvalue weighted by molar-refractivity contribution is -0.122. The maximum Gasteiger partial charge on any atom is 0.235 e. The number of carbonyl (C=O) groups excluding carboxylic acids is 1. The molecule has 172 valence electrons. The molecule has 1 amide bonds. The summed E-state index contributed by atoms with van der Waals surface area (Å²) in [5, 5.41) is 6.30. The number of anilines is 2. The number of aromatic nitrogens is 3. The van der Waals surface area contributed by atoms with E-state index in [1.165, 1.54) is 0 Å². The molecule has 3 N–H and O–H groups in total. The summed E-state index contributed by atoms with van der Waals surface area (Å²) in [5.41, 5.74) is 10.9. The van der Waals surface area contributed by atoms with Gasteiger partial charge in [0.1, 0.15) is 0 Å². The van der Waals surface area contributed by atoms with Crippen molar-refractivity contribution in [1.29, 1.82) is 0 Å². The largest absolute Gasteiger partial charge is 0.368 e. The van der Waals surface area contributed by atoms with Crippen LogP contribution in [0.15, 0.2) is 66.3 Å². The van der Waals surface area contributed by atoms with Crippen molar-refractivity contribution in [2.24, 2.45) is 0 Å². The van der Waals surface area contributed by atoms with Crippen molar-refractivity contribution in [3.63, 3.8) is 0 Å². The quantitative estimate of drug-likeness (QED) is 0.374. The second kappa shape index (κ2) is 9.35. The van der Waals surface area contributed by atoms with Gasteiger partial charge in [-0.15, -0.1) is 11.3 Å². The number of rotatable bonds is 5. The Morgan fingerprint density at radius 1 is 0.912 bits per heavy atom. The molecule has 2 heterocycles. The van der Waals surface area contributed by atoms with Crippen LogP contribution in [0.3, 0.4) is 0 Å². The highest BCUT2D eigenvalue weighted by Crippen LogP contribution is 2.41. The topological polar surface area (TPSA) is 93.8 Å². The summed E-state index contributed by atoms with van der Waals surface area (Å²) in [6.07, 6.45) is 8.39. The van der Waals surface area contributed by atoms with Gasteiger partial charge >= 0.3 is 0 Å². The van der Waals surface area contributed by atoms with Crippen LogP contribution in [0.25, 0.3) is 22.4 Å². The van der Waals surface area contributed by atoms with Crippen molar-refractivity contribution in [2.75, 3.05) is 11.1 Å². The van der Waals surface area contributed by atoms with Crippen LogP contribution < -0.4 is 11.1 Å². The zero-order valence-electron chi connectivity index (χ0n) is 19.1. The number of benzene rings is 2. The molecule has 2 aromatic heterocycles. The Morgan fingerprint density at radius 3 is 2.18 bits per heavy atom. The van der Waals surface area contributed by atoms with Crippen molar-refractivity contribution in [3.8, 4) is 22.4 Å². The normalized spacial score (nSPS) is 15.1. The fourth-order valence-corrected chi connectivity index (χ4v) is 5.36. The molecule has 0 radical (unpaired) electrons. The van der Waals surface area contributed by atoms with Crippen LogP contribution in [-0.2, 0) is 10.2 Å². The molecule has 2 aromatic carbocycles. The van der Waals surface area contributed by atoms with Gasteiger partial charge in [-0.3, -0.25) is 4.79 Å². The van der Waals surface area contributed by atoms with E-state index in [0.717, 1.165) is 70.7 Å². The van der Waals surface area contributed by atoms with Crippen molar-refractivity contribution in [1.82, 2.24) is 15.0 Å². The summed E-state index contributed by atoms with van der Waals surface area (Å²) < 4.78 is 0. The molecule has 34 heavy (non-hydrogen) atoms. The Kier molecular flexibility index (Phi) is 6.11. The monoisotopic (exact) mass is 469 g/mol. The molecule has 0 bridgehead atoms. The molecular formula is C27H27N5OS. The highest BCUT2D eigenvalue weighted by molar-refractivity contribution is 7.09. The Hall–Kier alpha value is -3.58. The molecule has 0 aliphatic heterocycles. The zero-order valence-corrected chi connectivity index (χ0v) is 19.9. The predicted molar refractivity (Wildman–Crippen MR) is 138 cm³/mol. The van der Waals surface area contributed by atoms with Gasteiger partial charge in [0.15, 0.2) is 0 Å². The average Bonchev–Trinajstić information content (AvgIpc) is 3.32. The number of nitrogens with one attached hydrogen (secondary N) is 1. The fraction of sp³-hybridized carbons (Fsp3) is 0.259. The highest BCUT2D eigenvalue weighted by atomic mass is 32.1. The minimum Gasteiger partial charge on any atom is -0.368 e. The Labute approximate surface area is 203 Å². The summed E-state index contributed by atoms with van der Waals surface area (Å²) in [6, 6.07) is 16.2. The number of carbonyl (C=O) groups is 1. The summed E-state index contributed by atoms with van der Waals surface area (Å²) in [5.74, 6) is 0.320. The molecule has 1 fully saturated rings. The zero-order chi connectivity index (χ0) is 23.5. The first-order valence-corrected chi connectivity index (χ1v) is 12.4. The number of hydrogen-bond donors (Lipinski definition) is 2. The first-order valence-electron chi connectivity index (χ1n) is 11.6. The number of thiazole rings is 1. The number of hydrogen-bond acceptors (Lipinski definition) is 6. The smallest absolute Gasteiger partial charge is 0.235 e. The molecule has 6 nitrogen and oxygen atoms in total. The van der Waals surface area contributed by atoms with E-state index >= 15 is 0 Å². The van der Waals surface area contributed by atoms with Crippen LogP contribution in [0.2, 0.25) is 0 Å². The number of nitrogens with zero attached hydrogens (tertiary/aromatic N) is 3. The van der Waals surface area contributed by atoms with E-state index in [1.807, 2.05) is 43.3 Å². The van der Waals surface area contributed by atoms with Gasteiger partial charge in [0.25, 0.3) is 0 Å². The molecule has 4 aromatic rings. The first-order chi connectivity index (χ1) is 16.5. The van der Waals surface area contributed by atoms with Crippen molar-refractivity contribution < 1.29 is 4.79 Å². The Bertz CT molecular complexity index is 1270. The summed E-state index contributed by atoms with van der Waals surface area (Å²) in [7, 11) is 0. The molecule has 1 aliphatic carbocycles. The summed E-state index contributed by atoms with van der Waals surface area (Å²) in [4.78, 5) is 26.4. The van der Waals surface area contributed by atoms with Gasteiger partial charge in [0.05, 0.1) is 16.1 Å². The Morgan fingerprint density at radius 2 is 1.56 bits per heavy atom. The third kappa shape index (κ3) is 4.43. The van der Waals surface area contributed by atoms with Crippen LogP contribution in [0.1, 0.15) is 42.7 Å². The van der Waals surface area contributed by atoms with Gasteiger partial charge in [0, 0.05) is 34.6 Å². The lowest BCUT2D eigenvalue weighted by Gasteiger charge is -2.36. The number of amides is 1. The van der Waals surface area contributed by atoms with Crippen LogP contribution in [0, 0.1) is 6.92 Å². The minimum atomic E-state index is -0.529. The van der Waals surface area contributed by atoms with Gasteiger partial charge in [-0.1, -0.05) is 55.7 Å². The number of aryl methyl sites for hydroxylation is 1. The molecule has 0 saturated heterocycles. The molecule has 7 heteroatoms. The molecule has 0 atom stereocenters. The highest BCUT2D eigenvalue weighted by Gasteiger charge is 2.41. The predicted octanol–water partition coefficient (Wildman–Crippen LogP) is 6.00. The van der Waals surface area contributed by atoms with E-state index < -0.39 is 5.41 Å². The van der Waals surface area contributed by atoms with Gasteiger partial charge < -0.3 is 11.1 Å². The van der Waals surface area contributed by atoms with E-state index in [9.17, 15) is 4.79 Å². The van der Waals surface area contributed by atoms with Gasteiger partial charge in [0.2, 0.25) is 11.9 Å². The maximum atomic E-state index is 13.7. The van der Waals surface area contributed by atoms with Gasteiger partial charge in [-0.25, -0.2) is 15.0 Å². The van der Waals surface area contributed by atoms with E-state index in [-0.39, 0.29) is 11.9 Å². The summed E-state index contributed by atoms with van der Waals surface area (Å²) in [6.45, 7) is 2.00. The molecule has 0 spiro atoms. The van der Waals surface area contributed by atoms with E-state index in [4.69, 9.17) is 5.73 Å². The number of nitrogen functional groups attached to an aromatic ring is 1. The third-order valence-corrected chi connectivity index (χ3v) is 7.42. The minimum absolute atomic E-state index is 0.0630. The summed E-state index contributed by atoms with van der Waals surface area (Å²) >= 11 is 1.64. The fourth-order valence-electron chi connectivity index (χ4n) is 4.74. The van der Waals surface area contributed by atoms with Crippen LogP contribution in [0.4, 0.5) is 11.6 Å². The second-order valence-corrected chi connectivity index (χ2v) is 9.90. The van der Waals surface area contributed by atoms with Gasteiger partial charge in [-0.2, -0.15) is 0 Å². The second-order valence-electron chi connectivity index (χ2n) is 8.83. The molecule has 1 aliphatic rings. The van der Waals surface area contributed by atoms with E-state index in [1.54, 1.807) is 23.7 Å². The molecular weight excluding hydrogens is 442 g/mol. The molecule has 0 unspecified atom stereocenters. The van der Waals surface area contributed by atoms with Crippen molar-refractivity contribution in [2.45, 2.75) is 44.4 Å². The van der Waals surface area contributed by atoms with E-state index in [0.29, 0.717) is 0 Å². The average molecular weight is 470 g/mol.